The first-order chi connectivity index (χ1) is 6.04. The third-order valence-electron chi connectivity index (χ3n) is 1.49. The van der Waals surface area contributed by atoms with E-state index in [4.69, 9.17) is 5.26 Å². The largest absolute Gasteiger partial charge is 0.332 e. The van der Waals surface area contributed by atoms with E-state index in [2.05, 4.69) is 0 Å². The third-order valence-corrected chi connectivity index (χ3v) is 2.32. The van der Waals surface area contributed by atoms with Crippen LogP contribution in [0.3, 0.4) is 0 Å². The van der Waals surface area contributed by atoms with Gasteiger partial charge in [0, 0.05) is 0 Å². The maximum Gasteiger partial charge on any atom is 0.332 e. The van der Waals surface area contributed by atoms with E-state index in [1.807, 2.05) is 6.07 Å². The van der Waals surface area contributed by atoms with Crippen LogP contribution in [-0.4, -0.2) is 8.42 Å². The van der Waals surface area contributed by atoms with Gasteiger partial charge in [-0.15, -0.1) is 3.89 Å². The lowest BCUT2D eigenvalue weighted by molar-refractivity contribution is 0.552. The Labute approximate surface area is 75.6 Å². The van der Waals surface area contributed by atoms with Crippen LogP contribution in [0.1, 0.15) is 5.56 Å². The number of hydrogen-bond donors (Lipinski definition) is 0. The van der Waals surface area contributed by atoms with Crippen LogP contribution in [0.5, 0.6) is 0 Å². The first kappa shape index (κ1) is 9.68. The Hall–Kier alpha value is -1.41. The molecule has 0 heterocycles. The van der Waals surface area contributed by atoms with Gasteiger partial charge in [0.05, 0.1) is 17.4 Å². The summed E-state index contributed by atoms with van der Waals surface area (Å²) in [5.74, 6) is 0. The molecule has 0 spiro atoms. The highest BCUT2D eigenvalue weighted by Crippen LogP contribution is 2.12. The molecule has 0 fully saturated rings. The summed E-state index contributed by atoms with van der Waals surface area (Å²) >= 11 is 0. The van der Waals surface area contributed by atoms with Crippen LogP contribution in [0.4, 0.5) is 3.89 Å². The van der Waals surface area contributed by atoms with E-state index in [-0.39, 0.29) is 11.3 Å². The Morgan fingerprint density at radius 1 is 1.31 bits per heavy atom. The summed E-state index contributed by atoms with van der Waals surface area (Å²) in [6, 6.07) is 7.01. The normalized spacial score (nSPS) is 10.8. The van der Waals surface area contributed by atoms with Gasteiger partial charge in [-0.2, -0.15) is 13.7 Å². The van der Waals surface area contributed by atoms with Gasteiger partial charge in [-0.25, -0.2) is 0 Å². The van der Waals surface area contributed by atoms with Gasteiger partial charge in [-0.3, -0.25) is 0 Å². The van der Waals surface area contributed by atoms with Gasteiger partial charge in [-0.1, -0.05) is 12.1 Å². The molecule has 1 aromatic rings. The predicted octanol–water partition coefficient (Wildman–Crippen LogP) is 1.41. The molecule has 13 heavy (non-hydrogen) atoms. The van der Waals surface area contributed by atoms with Crippen LogP contribution in [0, 0.1) is 11.3 Å². The monoisotopic (exact) mass is 199 g/mol. The standard InChI is InChI=1S/C8H6FNO2S/c9-13(11,12)8-3-1-7(2-4-8)5-6-10/h1-4H,5H2. The van der Waals surface area contributed by atoms with Gasteiger partial charge in [0.25, 0.3) is 0 Å². The van der Waals surface area contributed by atoms with E-state index in [0.29, 0.717) is 5.56 Å². The zero-order valence-electron chi connectivity index (χ0n) is 6.57. The van der Waals surface area contributed by atoms with Gasteiger partial charge in [0.15, 0.2) is 0 Å². The fourth-order valence-electron chi connectivity index (χ4n) is 0.861. The minimum Gasteiger partial charge on any atom is -0.198 e. The van der Waals surface area contributed by atoms with E-state index in [9.17, 15) is 12.3 Å². The summed E-state index contributed by atoms with van der Waals surface area (Å²) in [7, 11) is -4.62. The molecule has 0 aliphatic carbocycles. The molecule has 3 nitrogen and oxygen atoms in total. The molecular weight excluding hydrogens is 193 g/mol. The van der Waals surface area contributed by atoms with Crippen molar-refractivity contribution in [2.45, 2.75) is 11.3 Å². The van der Waals surface area contributed by atoms with E-state index in [1.165, 1.54) is 12.1 Å². The molecule has 0 unspecified atom stereocenters. The van der Waals surface area contributed by atoms with Gasteiger partial charge in [-0.05, 0) is 17.7 Å². The van der Waals surface area contributed by atoms with E-state index < -0.39 is 10.2 Å². The van der Waals surface area contributed by atoms with Crippen molar-refractivity contribution in [2.24, 2.45) is 0 Å². The van der Waals surface area contributed by atoms with Crippen LogP contribution in [0.25, 0.3) is 0 Å². The molecule has 0 saturated carbocycles. The molecular formula is C8H6FNO2S. The topological polar surface area (TPSA) is 57.9 Å². The Kier molecular flexibility index (Phi) is 2.63. The number of halogens is 1. The molecule has 0 aliphatic rings. The molecule has 0 radical (unpaired) electrons. The van der Waals surface area contributed by atoms with E-state index in [1.54, 1.807) is 0 Å². The first-order valence-electron chi connectivity index (χ1n) is 3.44. The number of benzene rings is 1. The zero-order chi connectivity index (χ0) is 9.90. The summed E-state index contributed by atoms with van der Waals surface area (Å²) < 4.78 is 33.1. The summed E-state index contributed by atoms with van der Waals surface area (Å²) in [5, 5.41) is 8.31. The molecule has 0 aliphatic heterocycles. The van der Waals surface area contributed by atoms with Crippen molar-refractivity contribution in [2.75, 3.05) is 0 Å². The van der Waals surface area contributed by atoms with Crippen molar-refractivity contribution in [3.8, 4) is 6.07 Å². The Balaban J connectivity index is 3.03. The summed E-state index contributed by atoms with van der Waals surface area (Å²) in [5.41, 5.74) is 0.662. The highest BCUT2D eigenvalue weighted by atomic mass is 32.3. The summed E-state index contributed by atoms with van der Waals surface area (Å²) in [6.45, 7) is 0. The van der Waals surface area contributed by atoms with Gasteiger partial charge < -0.3 is 0 Å². The molecule has 68 valence electrons. The van der Waals surface area contributed by atoms with Crippen LogP contribution in [-0.2, 0) is 16.6 Å². The molecule has 0 amide bonds. The van der Waals surface area contributed by atoms with Crippen LogP contribution in [0.2, 0.25) is 0 Å². The summed E-state index contributed by atoms with van der Waals surface area (Å²) in [4.78, 5) is -0.380. The molecule has 5 heteroatoms. The third kappa shape index (κ3) is 2.53. The SMILES string of the molecule is N#CCc1ccc(S(=O)(=O)F)cc1. The minimum atomic E-state index is -4.62. The van der Waals surface area contributed by atoms with Crippen molar-refractivity contribution >= 4 is 10.2 Å². The highest BCUT2D eigenvalue weighted by Gasteiger charge is 2.10. The molecule has 0 N–H and O–H groups in total. The first-order valence-corrected chi connectivity index (χ1v) is 4.83. The van der Waals surface area contributed by atoms with Crippen molar-refractivity contribution in [3.05, 3.63) is 29.8 Å². The zero-order valence-corrected chi connectivity index (χ0v) is 7.38. The molecule has 0 saturated heterocycles. The average molecular weight is 199 g/mol. The fourth-order valence-corrected chi connectivity index (χ4v) is 1.32. The second kappa shape index (κ2) is 3.54. The molecule has 1 aromatic carbocycles. The lowest BCUT2D eigenvalue weighted by Gasteiger charge is -1.95. The number of nitrogens with zero attached hydrogens (tertiary/aromatic N) is 1. The van der Waals surface area contributed by atoms with Crippen LogP contribution >= 0.6 is 0 Å². The maximum atomic E-state index is 12.3. The Bertz CT molecular complexity index is 430. The minimum absolute atomic E-state index is 0.187. The van der Waals surface area contributed by atoms with Crippen molar-refractivity contribution < 1.29 is 12.3 Å². The lowest BCUT2D eigenvalue weighted by Crippen LogP contribution is -1.91. The Morgan fingerprint density at radius 3 is 2.23 bits per heavy atom. The Morgan fingerprint density at radius 2 is 1.85 bits per heavy atom. The second-order valence-electron chi connectivity index (χ2n) is 2.42. The van der Waals surface area contributed by atoms with Crippen LogP contribution < -0.4 is 0 Å². The molecule has 0 aromatic heterocycles. The fraction of sp³-hybridized carbons (Fsp3) is 0.125. The quantitative estimate of drug-likeness (QED) is 0.676. The molecule has 1 rings (SSSR count). The predicted molar refractivity (Wildman–Crippen MR) is 44.1 cm³/mol. The molecule has 0 bridgehead atoms. The summed E-state index contributed by atoms with van der Waals surface area (Å²) in [6.07, 6.45) is 0.187. The van der Waals surface area contributed by atoms with Gasteiger partial charge in [0.2, 0.25) is 0 Å². The average Bonchev–Trinajstić information content (AvgIpc) is 2.04. The van der Waals surface area contributed by atoms with Gasteiger partial charge in [0.1, 0.15) is 0 Å². The van der Waals surface area contributed by atoms with Crippen molar-refractivity contribution in [1.29, 1.82) is 5.26 Å². The highest BCUT2D eigenvalue weighted by molar-refractivity contribution is 7.86. The van der Waals surface area contributed by atoms with Crippen molar-refractivity contribution in [3.63, 3.8) is 0 Å². The maximum absolute atomic E-state index is 12.3. The smallest absolute Gasteiger partial charge is 0.198 e. The number of rotatable bonds is 2. The number of nitriles is 1. The van der Waals surface area contributed by atoms with E-state index in [0.717, 1.165) is 12.1 Å². The second-order valence-corrected chi connectivity index (χ2v) is 3.76. The van der Waals surface area contributed by atoms with Crippen LogP contribution in [0.15, 0.2) is 29.2 Å². The van der Waals surface area contributed by atoms with Crippen molar-refractivity contribution in [1.82, 2.24) is 0 Å². The van der Waals surface area contributed by atoms with E-state index >= 15 is 0 Å². The molecule has 0 atom stereocenters. The lowest BCUT2D eigenvalue weighted by atomic mass is 10.2. The number of hydrogen-bond acceptors (Lipinski definition) is 3. The van der Waals surface area contributed by atoms with Gasteiger partial charge >= 0.3 is 10.2 Å².